The summed E-state index contributed by atoms with van der Waals surface area (Å²) in [5.41, 5.74) is 1.33. The van der Waals surface area contributed by atoms with E-state index in [9.17, 15) is 4.79 Å². The molecular formula is C18H23N3O2S. The average Bonchev–Trinajstić information content (AvgIpc) is 2.94. The van der Waals surface area contributed by atoms with Gasteiger partial charge in [0.15, 0.2) is 5.76 Å². The number of hydrogen-bond acceptors (Lipinski definition) is 5. The van der Waals surface area contributed by atoms with Gasteiger partial charge in [0.1, 0.15) is 5.01 Å². The Balaban J connectivity index is 1.34. The molecule has 1 saturated carbocycles. The third-order valence-corrected chi connectivity index (χ3v) is 6.41. The standard InChI is InChI=1S/C18H23N3O2S/c1-13-3-9-23-16(13)17(22)21-7-4-18(5-8-21)11-14(18)20(2)12-15-19-6-10-24-15/h3,6,9-10,14H,4-5,7-8,11-12H2,1-2H3. The highest BCUT2D eigenvalue weighted by Crippen LogP contribution is 2.56. The van der Waals surface area contributed by atoms with Gasteiger partial charge in [-0.25, -0.2) is 4.98 Å². The molecule has 2 aliphatic rings. The Morgan fingerprint density at radius 1 is 1.50 bits per heavy atom. The fourth-order valence-corrected chi connectivity index (χ4v) is 4.71. The highest BCUT2D eigenvalue weighted by Gasteiger charge is 2.57. The minimum absolute atomic E-state index is 0.0423. The van der Waals surface area contributed by atoms with Gasteiger partial charge in [0.05, 0.1) is 12.8 Å². The van der Waals surface area contributed by atoms with E-state index in [-0.39, 0.29) is 5.91 Å². The van der Waals surface area contributed by atoms with Gasteiger partial charge in [-0.2, -0.15) is 0 Å². The van der Waals surface area contributed by atoms with Gasteiger partial charge in [-0.15, -0.1) is 11.3 Å². The maximum absolute atomic E-state index is 12.6. The average molecular weight is 345 g/mol. The predicted octanol–water partition coefficient (Wildman–Crippen LogP) is 3.17. The van der Waals surface area contributed by atoms with Crippen molar-refractivity contribution >= 4 is 17.2 Å². The number of aryl methyl sites for hydroxylation is 1. The van der Waals surface area contributed by atoms with E-state index in [1.807, 2.05) is 29.5 Å². The van der Waals surface area contributed by atoms with Crippen molar-refractivity contribution in [3.05, 3.63) is 40.2 Å². The molecule has 0 aromatic carbocycles. The summed E-state index contributed by atoms with van der Waals surface area (Å²) in [5.74, 6) is 0.542. The number of amides is 1. The summed E-state index contributed by atoms with van der Waals surface area (Å²) < 4.78 is 5.36. The van der Waals surface area contributed by atoms with Crippen LogP contribution in [-0.4, -0.2) is 46.9 Å². The van der Waals surface area contributed by atoms with Crippen LogP contribution in [0.4, 0.5) is 0 Å². The van der Waals surface area contributed by atoms with Crippen molar-refractivity contribution in [2.75, 3.05) is 20.1 Å². The number of aromatic nitrogens is 1. The van der Waals surface area contributed by atoms with E-state index >= 15 is 0 Å². The molecule has 24 heavy (non-hydrogen) atoms. The maximum Gasteiger partial charge on any atom is 0.289 e. The summed E-state index contributed by atoms with van der Waals surface area (Å²) in [6.07, 6.45) is 6.89. The number of thiazole rings is 1. The number of likely N-dealkylation sites (tertiary alicyclic amines) is 1. The molecule has 0 N–H and O–H groups in total. The molecular weight excluding hydrogens is 322 g/mol. The largest absolute Gasteiger partial charge is 0.459 e. The minimum Gasteiger partial charge on any atom is -0.459 e. The Morgan fingerprint density at radius 2 is 2.29 bits per heavy atom. The van der Waals surface area contributed by atoms with Crippen LogP contribution in [0, 0.1) is 12.3 Å². The fraction of sp³-hybridized carbons (Fsp3) is 0.556. The van der Waals surface area contributed by atoms with Crippen molar-refractivity contribution in [3.63, 3.8) is 0 Å². The SMILES string of the molecule is Cc1ccoc1C(=O)N1CCC2(CC1)CC2N(C)Cc1nccs1. The molecule has 0 radical (unpaired) electrons. The number of furan rings is 1. The van der Waals surface area contributed by atoms with Crippen molar-refractivity contribution < 1.29 is 9.21 Å². The summed E-state index contributed by atoms with van der Waals surface area (Å²) in [6.45, 7) is 4.52. The third-order valence-electron chi connectivity index (χ3n) is 5.65. The summed E-state index contributed by atoms with van der Waals surface area (Å²) >= 11 is 1.72. The van der Waals surface area contributed by atoms with Crippen molar-refractivity contribution in [2.45, 2.75) is 38.8 Å². The summed E-state index contributed by atoms with van der Waals surface area (Å²) in [7, 11) is 2.20. The maximum atomic E-state index is 12.6. The van der Waals surface area contributed by atoms with Gasteiger partial charge in [0.25, 0.3) is 5.91 Å². The van der Waals surface area contributed by atoms with Crippen LogP contribution in [0.3, 0.4) is 0 Å². The number of rotatable bonds is 4. The van der Waals surface area contributed by atoms with Crippen molar-refractivity contribution in [3.8, 4) is 0 Å². The fourth-order valence-electron chi connectivity index (χ4n) is 4.03. The minimum atomic E-state index is 0.0423. The first-order valence-electron chi connectivity index (χ1n) is 8.51. The van der Waals surface area contributed by atoms with Crippen LogP contribution in [0.5, 0.6) is 0 Å². The zero-order chi connectivity index (χ0) is 16.7. The molecule has 2 aromatic rings. The second-order valence-corrected chi connectivity index (χ2v) is 8.13. The van der Waals surface area contributed by atoms with Crippen LogP contribution in [0.25, 0.3) is 0 Å². The lowest BCUT2D eigenvalue weighted by molar-refractivity contribution is 0.0625. The first-order chi connectivity index (χ1) is 11.6. The molecule has 128 valence electrons. The molecule has 1 amide bonds. The molecule has 2 fully saturated rings. The van der Waals surface area contributed by atoms with E-state index in [1.165, 1.54) is 11.4 Å². The molecule has 1 aliphatic carbocycles. The molecule has 5 nitrogen and oxygen atoms in total. The normalized spacial score (nSPS) is 22.3. The van der Waals surface area contributed by atoms with E-state index < -0.39 is 0 Å². The molecule has 6 heteroatoms. The predicted molar refractivity (Wildman–Crippen MR) is 93.0 cm³/mol. The van der Waals surface area contributed by atoms with E-state index in [0.717, 1.165) is 38.0 Å². The zero-order valence-electron chi connectivity index (χ0n) is 14.2. The molecule has 1 unspecified atom stereocenters. The number of carbonyl (C=O) groups excluding carboxylic acids is 1. The molecule has 3 heterocycles. The van der Waals surface area contributed by atoms with Gasteiger partial charge in [-0.3, -0.25) is 9.69 Å². The molecule has 2 aromatic heterocycles. The molecule has 1 atom stereocenters. The smallest absolute Gasteiger partial charge is 0.289 e. The Kier molecular flexibility index (Phi) is 3.96. The lowest BCUT2D eigenvalue weighted by Gasteiger charge is -2.33. The molecule has 0 bridgehead atoms. The van der Waals surface area contributed by atoms with Crippen LogP contribution >= 0.6 is 11.3 Å². The van der Waals surface area contributed by atoms with Gasteiger partial charge in [0.2, 0.25) is 0 Å². The summed E-state index contributed by atoms with van der Waals surface area (Å²) in [5, 5.41) is 3.22. The highest BCUT2D eigenvalue weighted by atomic mass is 32.1. The highest BCUT2D eigenvalue weighted by molar-refractivity contribution is 7.09. The van der Waals surface area contributed by atoms with E-state index in [0.29, 0.717) is 17.2 Å². The Hall–Kier alpha value is -1.66. The summed E-state index contributed by atoms with van der Waals surface area (Å²) in [6, 6.07) is 2.48. The number of nitrogens with zero attached hydrogens (tertiary/aromatic N) is 3. The number of carbonyl (C=O) groups is 1. The van der Waals surface area contributed by atoms with Crippen LogP contribution in [-0.2, 0) is 6.54 Å². The van der Waals surface area contributed by atoms with Gasteiger partial charge in [-0.1, -0.05) is 0 Å². The van der Waals surface area contributed by atoms with Crippen LogP contribution in [0.2, 0.25) is 0 Å². The van der Waals surface area contributed by atoms with Crippen LogP contribution in [0.1, 0.15) is 40.4 Å². The number of piperidine rings is 1. The molecule has 1 spiro atoms. The Labute approximate surface area is 146 Å². The first-order valence-corrected chi connectivity index (χ1v) is 9.39. The molecule has 1 saturated heterocycles. The van der Waals surface area contributed by atoms with Gasteiger partial charge in [0, 0.05) is 36.3 Å². The van der Waals surface area contributed by atoms with Crippen molar-refractivity contribution in [1.82, 2.24) is 14.8 Å². The number of hydrogen-bond donors (Lipinski definition) is 0. The van der Waals surface area contributed by atoms with Gasteiger partial charge >= 0.3 is 0 Å². The van der Waals surface area contributed by atoms with E-state index in [4.69, 9.17) is 4.42 Å². The van der Waals surface area contributed by atoms with Crippen molar-refractivity contribution in [2.24, 2.45) is 5.41 Å². The van der Waals surface area contributed by atoms with Crippen LogP contribution < -0.4 is 0 Å². The first kappa shape index (κ1) is 15.8. The van der Waals surface area contributed by atoms with Gasteiger partial charge in [-0.05, 0) is 44.7 Å². The van der Waals surface area contributed by atoms with E-state index in [1.54, 1.807) is 17.6 Å². The van der Waals surface area contributed by atoms with Crippen LogP contribution in [0.15, 0.2) is 28.3 Å². The van der Waals surface area contributed by atoms with Gasteiger partial charge < -0.3 is 9.32 Å². The van der Waals surface area contributed by atoms with E-state index in [2.05, 4.69) is 16.9 Å². The summed E-state index contributed by atoms with van der Waals surface area (Å²) in [4.78, 5) is 21.3. The quantitative estimate of drug-likeness (QED) is 0.854. The Morgan fingerprint density at radius 3 is 2.92 bits per heavy atom. The zero-order valence-corrected chi connectivity index (χ0v) is 15.0. The third kappa shape index (κ3) is 2.78. The molecule has 4 rings (SSSR count). The monoisotopic (exact) mass is 345 g/mol. The Bertz CT molecular complexity index is 716. The lowest BCUT2D eigenvalue weighted by Crippen LogP contribution is -2.41. The topological polar surface area (TPSA) is 49.6 Å². The molecule has 1 aliphatic heterocycles. The lowest BCUT2D eigenvalue weighted by atomic mass is 9.92. The second-order valence-electron chi connectivity index (χ2n) is 7.15. The second kappa shape index (κ2) is 6.01. The van der Waals surface area contributed by atoms with Crippen molar-refractivity contribution in [1.29, 1.82) is 0 Å².